The molecule has 0 aliphatic carbocycles. The number of hydrogen-bond acceptors (Lipinski definition) is 8. The number of para-hydroxylation sites is 2. The van der Waals surface area contributed by atoms with Crippen LogP contribution in [0.4, 0.5) is 0 Å². The van der Waals surface area contributed by atoms with E-state index in [4.69, 9.17) is 9.47 Å². The second kappa shape index (κ2) is 12.7. The fourth-order valence-electron chi connectivity index (χ4n) is 4.08. The van der Waals surface area contributed by atoms with Crippen LogP contribution in [0, 0.1) is 0 Å². The van der Waals surface area contributed by atoms with Crippen molar-refractivity contribution in [2.24, 2.45) is 0 Å². The maximum atomic E-state index is 13.3. The Labute approximate surface area is 252 Å². The summed E-state index contributed by atoms with van der Waals surface area (Å²) in [6.45, 7) is 0. The third kappa shape index (κ3) is 6.52. The molecule has 5 aromatic carbocycles. The van der Waals surface area contributed by atoms with E-state index in [1.54, 1.807) is 84.9 Å². The van der Waals surface area contributed by atoms with Crippen molar-refractivity contribution >= 4 is 48.4 Å². The minimum Gasteiger partial charge on any atom is -0.457 e. The number of benzene rings is 5. The maximum absolute atomic E-state index is 13.3. The number of ether oxygens (including phenoxy) is 2. The lowest BCUT2D eigenvalue weighted by molar-refractivity contribution is 0.0811. The van der Waals surface area contributed by atoms with E-state index in [-0.39, 0.29) is 33.8 Å². The van der Waals surface area contributed by atoms with Crippen LogP contribution in [0.15, 0.2) is 131 Å². The average molecular weight is 591 g/mol. The molecule has 0 heterocycles. The maximum Gasteiger partial charge on any atom is 0.237 e. The van der Waals surface area contributed by atoms with E-state index in [1.165, 1.54) is 36.4 Å². The fraction of sp³-hybridized carbons (Fsp3) is 0. The molecule has 0 bridgehead atoms. The van der Waals surface area contributed by atoms with E-state index in [1.807, 2.05) is 0 Å². The van der Waals surface area contributed by atoms with Gasteiger partial charge < -0.3 is 9.47 Å². The van der Waals surface area contributed by atoms with Crippen molar-refractivity contribution in [1.82, 2.24) is 0 Å². The van der Waals surface area contributed by atoms with Crippen LogP contribution in [0.2, 0.25) is 0 Å². The summed E-state index contributed by atoms with van der Waals surface area (Å²) < 4.78 is 11.7. The molecule has 5 rings (SSSR count). The zero-order valence-corrected chi connectivity index (χ0v) is 23.7. The molecule has 0 aliphatic heterocycles. The summed E-state index contributed by atoms with van der Waals surface area (Å²) in [6.07, 6.45) is 0. The van der Waals surface area contributed by atoms with Gasteiger partial charge in [-0.25, -0.2) is 0 Å². The summed E-state index contributed by atoms with van der Waals surface area (Å²) in [5.41, 5.74) is 0.0399. The van der Waals surface area contributed by atoms with Crippen molar-refractivity contribution in [3.05, 3.63) is 144 Å². The molecule has 0 atom stereocenters. The van der Waals surface area contributed by atoms with E-state index < -0.39 is 23.1 Å². The molecule has 42 heavy (non-hydrogen) atoms. The summed E-state index contributed by atoms with van der Waals surface area (Å²) in [6, 6.07) is 32.0. The Bertz CT molecular complexity index is 1680. The molecule has 0 saturated heterocycles. The van der Waals surface area contributed by atoms with Gasteiger partial charge in [0.05, 0.1) is 11.1 Å². The van der Waals surface area contributed by atoms with Gasteiger partial charge in [-0.3, -0.25) is 19.2 Å². The van der Waals surface area contributed by atoms with E-state index in [2.05, 4.69) is 25.3 Å². The molecule has 206 valence electrons. The van der Waals surface area contributed by atoms with Crippen LogP contribution < -0.4 is 9.47 Å². The monoisotopic (exact) mass is 590 g/mol. The second-order valence-corrected chi connectivity index (χ2v) is 10.1. The highest BCUT2D eigenvalue weighted by Gasteiger charge is 2.26. The minimum absolute atomic E-state index is 0.0377. The van der Waals surface area contributed by atoms with Gasteiger partial charge in [0.25, 0.3) is 0 Å². The van der Waals surface area contributed by atoms with Crippen LogP contribution in [0.3, 0.4) is 0 Å². The first-order valence-corrected chi connectivity index (χ1v) is 13.6. The van der Waals surface area contributed by atoms with Crippen molar-refractivity contribution in [1.29, 1.82) is 0 Å². The van der Waals surface area contributed by atoms with Crippen LogP contribution >= 0.6 is 25.3 Å². The largest absolute Gasteiger partial charge is 0.457 e. The van der Waals surface area contributed by atoms with Crippen LogP contribution in [-0.4, -0.2) is 23.1 Å². The molecule has 0 radical (unpaired) electrons. The minimum atomic E-state index is -0.852. The van der Waals surface area contributed by atoms with Gasteiger partial charge in [-0.15, -0.1) is 25.3 Å². The normalized spacial score (nSPS) is 10.5. The standard InChI is InChI=1S/C34H22O6S2/c35-31(33(37)27-8-1-3-10-29(27)39-23-12-16-25(41)17-13-23)21-6-5-7-22(20-21)32(36)34(38)28-9-2-4-11-30(28)40-24-14-18-26(42)19-15-24/h1-20,41-42H. The Hall–Kier alpha value is -4.92. The number of carbonyl (C=O) groups excluding carboxylic acids is 4. The Morgan fingerprint density at radius 2 is 0.810 bits per heavy atom. The van der Waals surface area contributed by atoms with Gasteiger partial charge in [-0.1, -0.05) is 42.5 Å². The number of thiol groups is 2. The van der Waals surface area contributed by atoms with E-state index in [9.17, 15) is 19.2 Å². The third-order valence-electron chi connectivity index (χ3n) is 6.19. The molecule has 5 aromatic rings. The number of hydrogen-bond donors (Lipinski definition) is 2. The number of Topliss-reactive ketones (excluding diaryl/α,β-unsaturated/α-hetero) is 4. The van der Waals surface area contributed by atoms with Crippen LogP contribution in [0.5, 0.6) is 23.0 Å². The molecule has 0 spiro atoms. The van der Waals surface area contributed by atoms with Crippen molar-refractivity contribution in [3.8, 4) is 23.0 Å². The molecule has 0 unspecified atom stereocenters. The number of rotatable bonds is 10. The first kappa shape index (κ1) is 28.6. The van der Waals surface area contributed by atoms with Gasteiger partial charge in [0.1, 0.15) is 23.0 Å². The highest BCUT2D eigenvalue weighted by atomic mass is 32.1. The number of ketones is 4. The lowest BCUT2D eigenvalue weighted by atomic mass is 9.96. The van der Waals surface area contributed by atoms with Crippen molar-refractivity contribution in [2.45, 2.75) is 9.79 Å². The Balaban J connectivity index is 1.37. The first-order chi connectivity index (χ1) is 20.3. The van der Waals surface area contributed by atoms with Crippen molar-refractivity contribution in [2.75, 3.05) is 0 Å². The molecule has 8 heteroatoms. The Morgan fingerprint density at radius 1 is 0.429 bits per heavy atom. The lowest BCUT2D eigenvalue weighted by Crippen LogP contribution is -2.18. The predicted octanol–water partition coefficient (Wildman–Crippen LogP) is 7.98. The van der Waals surface area contributed by atoms with Gasteiger partial charge in [0.2, 0.25) is 23.1 Å². The van der Waals surface area contributed by atoms with Gasteiger partial charge in [-0.05, 0) is 78.9 Å². The molecule has 0 aliphatic rings. The molecular formula is C34H22O6S2. The van der Waals surface area contributed by atoms with Gasteiger partial charge in [0.15, 0.2) is 0 Å². The molecule has 0 fully saturated rings. The lowest BCUT2D eigenvalue weighted by Gasteiger charge is -2.11. The number of carbonyl (C=O) groups is 4. The highest BCUT2D eigenvalue weighted by Crippen LogP contribution is 2.29. The zero-order valence-electron chi connectivity index (χ0n) is 21.9. The molecule has 0 amide bonds. The van der Waals surface area contributed by atoms with Crippen LogP contribution in [-0.2, 0) is 0 Å². The quantitative estimate of drug-likeness (QED) is 0.0974. The molecule has 0 N–H and O–H groups in total. The van der Waals surface area contributed by atoms with E-state index >= 15 is 0 Å². The summed E-state index contributed by atoms with van der Waals surface area (Å²) in [7, 11) is 0. The van der Waals surface area contributed by atoms with Crippen molar-refractivity contribution < 1.29 is 28.7 Å². The van der Waals surface area contributed by atoms with E-state index in [0.29, 0.717) is 11.5 Å². The highest BCUT2D eigenvalue weighted by molar-refractivity contribution is 7.80. The van der Waals surface area contributed by atoms with Crippen molar-refractivity contribution in [3.63, 3.8) is 0 Å². The van der Waals surface area contributed by atoms with Gasteiger partial charge in [0, 0.05) is 20.9 Å². The third-order valence-corrected chi connectivity index (χ3v) is 6.79. The summed E-state index contributed by atoms with van der Waals surface area (Å²) in [5, 5.41) is 0. The van der Waals surface area contributed by atoms with Gasteiger partial charge in [-0.2, -0.15) is 0 Å². The first-order valence-electron chi connectivity index (χ1n) is 12.7. The smallest absolute Gasteiger partial charge is 0.237 e. The van der Waals surface area contributed by atoms with Gasteiger partial charge >= 0.3 is 0 Å². The summed E-state index contributed by atoms with van der Waals surface area (Å²) in [4.78, 5) is 54.5. The molecular weight excluding hydrogens is 569 g/mol. The zero-order chi connectivity index (χ0) is 29.6. The predicted molar refractivity (Wildman–Crippen MR) is 164 cm³/mol. The summed E-state index contributed by atoms with van der Waals surface area (Å²) >= 11 is 8.51. The molecule has 0 saturated carbocycles. The Kier molecular flexibility index (Phi) is 8.66. The topological polar surface area (TPSA) is 86.7 Å². The van der Waals surface area contributed by atoms with Crippen LogP contribution in [0.25, 0.3) is 0 Å². The van der Waals surface area contributed by atoms with E-state index in [0.717, 1.165) is 9.79 Å². The molecule has 6 nitrogen and oxygen atoms in total. The Morgan fingerprint density at radius 3 is 1.21 bits per heavy atom. The SMILES string of the molecule is O=C(C(=O)c1ccccc1Oc1ccc(S)cc1)c1cccc(C(=O)C(=O)c2ccccc2Oc2ccc(S)cc2)c1. The molecule has 0 aromatic heterocycles. The summed E-state index contributed by atoms with van der Waals surface area (Å²) in [5.74, 6) is -2.01. The fourth-order valence-corrected chi connectivity index (χ4v) is 4.38. The van der Waals surface area contributed by atoms with Crippen LogP contribution in [0.1, 0.15) is 41.4 Å². The second-order valence-electron chi connectivity index (χ2n) is 9.08. The average Bonchev–Trinajstić information content (AvgIpc) is 3.02.